The van der Waals surface area contributed by atoms with Crippen LogP contribution in [0.3, 0.4) is 0 Å². The molecule has 1 aliphatic rings. The second-order valence-corrected chi connectivity index (χ2v) is 6.79. The molecule has 0 saturated carbocycles. The zero-order valence-electron chi connectivity index (χ0n) is 13.7. The lowest BCUT2D eigenvalue weighted by atomic mass is 10.2. The second kappa shape index (κ2) is 7.70. The van der Waals surface area contributed by atoms with Gasteiger partial charge in [-0.05, 0) is 11.4 Å². The van der Waals surface area contributed by atoms with Gasteiger partial charge in [0.15, 0.2) is 0 Å². The van der Waals surface area contributed by atoms with E-state index in [2.05, 4.69) is 10.3 Å². The number of rotatable bonds is 5. The number of aliphatic hydroxyl groups is 1. The molecule has 2 N–H and O–H groups in total. The highest BCUT2D eigenvalue weighted by atomic mass is 35.5. The maximum atomic E-state index is 9.03. The fourth-order valence-corrected chi connectivity index (χ4v) is 4.18. The Hall–Kier alpha value is -1.67. The largest absolute Gasteiger partial charge is 0.495 e. The third kappa shape index (κ3) is 3.25. The number of hydrogen-bond donors (Lipinski definition) is 2. The summed E-state index contributed by atoms with van der Waals surface area (Å²) in [7, 11) is 3.08. The lowest BCUT2D eigenvalue weighted by Crippen LogP contribution is -2.33. The highest BCUT2D eigenvalue weighted by molar-refractivity contribution is 7.12. The Morgan fingerprint density at radius 1 is 1.28 bits per heavy atom. The smallest absolute Gasteiger partial charge is 0.143 e. The minimum atomic E-state index is 0.0359. The fraction of sp³-hybridized carbons (Fsp3) is 0.312. The van der Waals surface area contributed by atoms with Crippen LogP contribution < -0.4 is 19.7 Å². The molecule has 0 spiro atoms. The summed E-state index contributed by atoms with van der Waals surface area (Å²) >= 11 is 14.6. The molecule has 1 aliphatic heterocycles. The molecule has 0 aliphatic carbocycles. The summed E-state index contributed by atoms with van der Waals surface area (Å²) in [5, 5.41) is 14.9. The van der Waals surface area contributed by atoms with Gasteiger partial charge < -0.3 is 24.8 Å². The fourth-order valence-electron chi connectivity index (χ4n) is 2.59. The number of thiophene rings is 1. The van der Waals surface area contributed by atoms with Gasteiger partial charge >= 0.3 is 0 Å². The van der Waals surface area contributed by atoms with Crippen LogP contribution in [0.4, 0.5) is 11.4 Å². The van der Waals surface area contributed by atoms with E-state index in [0.717, 1.165) is 16.4 Å². The standard InChI is InChI=1S/C16H17Cl2N3O3S/c1-23-10-7-11(24-2)13(18)14(12(10)17)21-8-20-16(19-4-5-22)15-9(21)3-6-25-15/h3,6-7,22H,4-5,8H2,1-2H3,(H,19,20). The second-order valence-electron chi connectivity index (χ2n) is 5.12. The van der Waals surface area contributed by atoms with E-state index >= 15 is 0 Å². The first kappa shape index (κ1) is 18.1. The number of anilines is 2. The van der Waals surface area contributed by atoms with Crippen molar-refractivity contribution >= 4 is 51.7 Å². The molecule has 0 bridgehead atoms. The molecule has 2 aromatic rings. The summed E-state index contributed by atoms with van der Waals surface area (Å²) in [6.07, 6.45) is 0. The van der Waals surface area contributed by atoms with Gasteiger partial charge in [0.2, 0.25) is 0 Å². The van der Waals surface area contributed by atoms with Crippen LogP contribution in [0.2, 0.25) is 10.0 Å². The van der Waals surface area contributed by atoms with Crippen molar-refractivity contribution in [2.45, 2.75) is 0 Å². The van der Waals surface area contributed by atoms with Crippen LogP contribution in [0.5, 0.6) is 11.5 Å². The molecule has 0 saturated heterocycles. The predicted molar refractivity (Wildman–Crippen MR) is 103 cm³/mol. The average molecular weight is 402 g/mol. The quantitative estimate of drug-likeness (QED) is 0.802. The third-order valence-electron chi connectivity index (χ3n) is 3.75. The first-order valence-electron chi connectivity index (χ1n) is 7.46. The van der Waals surface area contributed by atoms with Crippen LogP contribution >= 0.6 is 34.5 Å². The zero-order valence-corrected chi connectivity index (χ0v) is 16.0. The summed E-state index contributed by atoms with van der Waals surface area (Å²) < 4.78 is 10.7. The summed E-state index contributed by atoms with van der Waals surface area (Å²) in [6, 6.07) is 3.64. The predicted octanol–water partition coefficient (Wildman–Crippen LogP) is 3.51. The Morgan fingerprint density at radius 3 is 2.56 bits per heavy atom. The van der Waals surface area contributed by atoms with Gasteiger partial charge in [0, 0.05) is 12.6 Å². The van der Waals surface area contributed by atoms with E-state index in [0.29, 0.717) is 40.4 Å². The van der Waals surface area contributed by atoms with E-state index in [-0.39, 0.29) is 6.61 Å². The number of nitrogens with zero attached hydrogens (tertiary/aromatic N) is 2. The Kier molecular flexibility index (Phi) is 5.58. The molecule has 0 unspecified atom stereocenters. The van der Waals surface area contributed by atoms with E-state index in [9.17, 15) is 0 Å². The van der Waals surface area contributed by atoms with Crippen molar-refractivity contribution in [3.05, 3.63) is 32.4 Å². The van der Waals surface area contributed by atoms with Crippen LogP contribution in [0.25, 0.3) is 0 Å². The lowest BCUT2D eigenvalue weighted by Gasteiger charge is -2.30. The molecule has 3 rings (SSSR count). The molecule has 0 amide bonds. The third-order valence-corrected chi connectivity index (χ3v) is 5.39. The molecular weight excluding hydrogens is 385 g/mol. The molecular formula is C16H17Cl2N3O3S. The lowest BCUT2D eigenvalue weighted by molar-refractivity contribution is 0.300. The molecule has 1 aromatic heterocycles. The topological polar surface area (TPSA) is 66.3 Å². The van der Waals surface area contributed by atoms with Gasteiger partial charge in [-0.15, -0.1) is 11.3 Å². The van der Waals surface area contributed by atoms with E-state index < -0.39 is 0 Å². The Labute approximate surface area is 159 Å². The Morgan fingerprint density at radius 2 is 1.96 bits per heavy atom. The van der Waals surface area contributed by atoms with E-state index in [4.69, 9.17) is 37.8 Å². The SMILES string of the molecule is COc1cc(OC)c(Cl)c(N2CN=C(NCCO)c3sccc32)c1Cl. The van der Waals surface area contributed by atoms with Crippen LogP contribution in [0.15, 0.2) is 22.5 Å². The maximum absolute atomic E-state index is 9.03. The number of nitrogens with one attached hydrogen (secondary N) is 1. The number of aliphatic hydroxyl groups excluding tert-OH is 1. The Bertz CT molecular complexity index is 782. The van der Waals surface area contributed by atoms with Crippen LogP contribution in [-0.4, -0.2) is 45.0 Å². The minimum Gasteiger partial charge on any atom is -0.495 e. The van der Waals surface area contributed by atoms with Crippen LogP contribution in [-0.2, 0) is 0 Å². The van der Waals surface area contributed by atoms with Crippen molar-refractivity contribution in [1.29, 1.82) is 0 Å². The molecule has 0 fully saturated rings. The molecule has 1 aromatic carbocycles. The van der Waals surface area contributed by atoms with Crippen molar-refractivity contribution in [3.8, 4) is 11.5 Å². The number of methoxy groups -OCH3 is 2. The summed E-state index contributed by atoms with van der Waals surface area (Å²) in [6.45, 7) is 0.798. The van der Waals surface area contributed by atoms with Gasteiger partial charge in [-0.1, -0.05) is 23.2 Å². The van der Waals surface area contributed by atoms with Crippen LogP contribution in [0, 0.1) is 0 Å². The van der Waals surface area contributed by atoms with Crippen molar-refractivity contribution in [1.82, 2.24) is 5.32 Å². The minimum absolute atomic E-state index is 0.0359. The molecule has 2 heterocycles. The molecule has 134 valence electrons. The van der Waals surface area contributed by atoms with E-state index in [1.54, 1.807) is 31.6 Å². The monoisotopic (exact) mass is 401 g/mol. The number of amidine groups is 1. The number of fused-ring (bicyclic) bond motifs is 1. The molecule has 25 heavy (non-hydrogen) atoms. The normalized spacial score (nSPS) is 13.3. The van der Waals surface area contributed by atoms with Gasteiger partial charge in [0.1, 0.15) is 34.0 Å². The van der Waals surface area contributed by atoms with Gasteiger partial charge in [-0.3, -0.25) is 0 Å². The van der Waals surface area contributed by atoms with Gasteiger partial charge in [0.05, 0.1) is 37.1 Å². The molecule has 0 radical (unpaired) electrons. The molecule has 0 atom stereocenters. The van der Waals surface area contributed by atoms with Crippen LogP contribution in [0.1, 0.15) is 4.88 Å². The van der Waals surface area contributed by atoms with Crippen molar-refractivity contribution in [2.75, 3.05) is 38.9 Å². The maximum Gasteiger partial charge on any atom is 0.143 e. The van der Waals surface area contributed by atoms with Crippen molar-refractivity contribution in [3.63, 3.8) is 0 Å². The number of hydrogen-bond acceptors (Lipinski definition) is 7. The summed E-state index contributed by atoms with van der Waals surface area (Å²) in [4.78, 5) is 7.44. The first-order valence-corrected chi connectivity index (χ1v) is 9.10. The molecule has 9 heteroatoms. The average Bonchev–Trinajstić information content (AvgIpc) is 3.11. The van der Waals surface area contributed by atoms with E-state index in [1.165, 1.54) is 0 Å². The highest BCUT2D eigenvalue weighted by Crippen LogP contribution is 2.49. The van der Waals surface area contributed by atoms with Crippen molar-refractivity contribution < 1.29 is 14.6 Å². The van der Waals surface area contributed by atoms with Gasteiger partial charge in [-0.25, -0.2) is 4.99 Å². The molecule has 6 nitrogen and oxygen atoms in total. The van der Waals surface area contributed by atoms with E-state index in [1.807, 2.05) is 16.3 Å². The van der Waals surface area contributed by atoms with Gasteiger partial charge in [0.25, 0.3) is 0 Å². The Balaban J connectivity index is 2.09. The number of halogens is 2. The number of ether oxygens (including phenoxy) is 2. The number of aliphatic imine (C=N–C) groups is 1. The first-order chi connectivity index (χ1) is 12.1. The summed E-state index contributed by atoms with van der Waals surface area (Å²) in [5.74, 6) is 1.70. The highest BCUT2D eigenvalue weighted by Gasteiger charge is 2.28. The number of benzene rings is 1. The zero-order chi connectivity index (χ0) is 18.0. The van der Waals surface area contributed by atoms with Gasteiger partial charge in [-0.2, -0.15) is 0 Å². The van der Waals surface area contributed by atoms with Crippen molar-refractivity contribution in [2.24, 2.45) is 4.99 Å². The summed E-state index contributed by atoms with van der Waals surface area (Å²) in [5.41, 5.74) is 1.52.